The van der Waals surface area contributed by atoms with Crippen LogP contribution >= 0.6 is 0 Å². The second-order valence-corrected chi connectivity index (χ2v) is 10.0. The summed E-state index contributed by atoms with van der Waals surface area (Å²) in [6.45, 7) is 1.79. The Labute approximate surface area is 158 Å². The van der Waals surface area contributed by atoms with E-state index in [1.807, 2.05) is 5.92 Å². The maximum absolute atomic E-state index is 12.7. The third kappa shape index (κ3) is 4.86. The number of benzene rings is 1. The van der Waals surface area contributed by atoms with E-state index in [2.05, 4.69) is 4.74 Å². The summed E-state index contributed by atoms with van der Waals surface area (Å²) in [6, 6.07) is 4.70. The van der Waals surface area contributed by atoms with Gasteiger partial charge in [-0.3, -0.25) is 10.5 Å². The molecule has 0 spiro atoms. The molecular formula is C18H19NO6S2. The minimum atomic E-state index is -4.03. The normalized spacial score (nSPS) is 20.6. The first-order chi connectivity index (χ1) is 12.6. The summed E-state index contributed by atoms with van der Waals surface area (Å²) in [5.41, 5.74) is 5.23. The van der Waals surface area contributed by atoms with E-state index in [1.54, 1.807) is 31.2 Å². The first-order valence-corrected chi connectivity index (χ1v) is 11.1. The van der Waals surface area contributed by atoms with Crippen LogP contribution in [0.25, 0.3) is 0 Å². The molecule has 0 aromatic heterocycles. The van der Waals surface area contributed by atoms with Crippen molar-refractivity contribution in [3.63, 3.8) is 0 Å². The Morgan fingerprint density at radius 2 is 1.70 bits per heavy atom. The van der Waals surface area contributed by atoms with E-state index in [0.29, 0.717) is 0 Å². The smallest absolute Gasteiger partial charge is 0.323 e. The fourth-order valence-corrected chi connectivity index (χ4v) is 5.40. The Morgan fingerprint density at radius 3 is 2.26 bits per heavy atom. The van der Waals surface area contributed by atoms with Crippen LogP contribution in [0.5, 0.6) is 0 Å². The molecule has 0 heterocycles. The van der Waals surface area contributed by atoms with Crippen LogP contribution in [0, 0.1) is 18.3 Å². The average molecular weight is 409 g/mol. The van der Waals surface area contributed by atoms with Gasteiger partial charge in [0.05, 0.1) is 15.0 Å². The molecule has 1 aliphatic carbocycles. The van der Waals surface area contributed by atoms with Gasteiger partial charge in [-0.05, 0) is 36.1 Å². The number of rotatable bonds is 6. The number of hydrogen-bond donors (Lipinski definition) is 1. The molecule has 2 rings (SSSR count). The van der Waals surface area contributed by atoms with Crippen molar-refractivity contribution in [1.29, 1.82) is 0 Å². The number of carbonyl (C=O) groups is 1. The predicted molar refractivity (Wildman–Crippen MR) is 99.8 cm³/mol. The van der Waals surface area contributed by atoms with E-state index in [1.165, 1.54) is 12.1 Å². The molecule has 0 radical (unpaired) electrons. The van der Waals surface area contributed by atoms with E-state index in [9.17, 15) is 21.6 Å². The van der Waals surface area contributed by atoms with E-state index in [4.69, 9.17) is 12.2 Å². The summed E-state index contributed by atoms with van der Waals surface area (Å²) in [5, 5.41) is -0.731. The number of allylic oxidation sites excluding steroid dienone is 3. The highest BCUT2D eigenvalue weighted by molar-refractivity contribution is 7.92. The van der Waals surface area contributed by atoms with Gasteiger partial charge in [0.15, 0.2) is 25.4 Å². The summed E-state index contributed by atoms with van der Waals surface area (Å²) in [4.78, 5) is 11.4. The topological polar surface area (TPSA) is 121 Å². The molecule has 0 saturated carbocycles. The lowest BCUT2D eigenvalue weighted by Gasteiger charge is -2.20. The van der Waals surface area contributed by atoms with Gasteiger partial charge in [-0.2, -0.15) is 0 Å². The number of ether oxygens (including phenoxy) is 1. The second kappa shape index (κ2) is 8.08. The van der Waals surface area contributed by atoms with Gasteiger partial charge in [0.1, 0.15) is 0 Å². The van der Waals surface area contributed by atoms with Crippen molar-refractivity contribution in [3.05, 3.63) is 48.6 Å². The molecule has 7 nitrogen and oxygen atoms in total. The molecule has 3 atom stereocenters. The Bertz CT molecular complexity index is 1010. The first-order valence-electron chi connectivity index (χ1n) is 7.91. The fraction of sp³-hybridized carbons (Fsp3) is 0.278. The van der Waals surface area contributed by atoms with Crippen molar-refractivity contribution in [2.45, 2.75) is 28.2 Å². The molecule has 3 unspecified atom stereocenters. The van der Waals surface area contributed by atoms with Gasteiger partial charge in [0.2, 0.25) is 6.23 Å². The van der Waals surface area contributed by atoms with Gasteiger partial charge in [0.25, 0.3) is 0 Å². The van der Waals surface area contributed by atoms with Crippen LogP contribution < -0.4 is 5.73 Å². The van der Waals surface area contributed by atoms with Crippen molar-refractivity contribution < 1.29 is 26.4 Å². The molecular weight excluding hydrogens is 390 g/mol. The molecule has 0 saturated heterocycles. The van der Waals surface area contributed by atoms with E-state index >= 15 is 0 Å². The van der Waals surface area contributed by atoms with E-state index in [0.717, 1.165) is 12.1 Å². The van der Waals surface area contributed by atoms with E-state index in [-0.39, 0.29) is 15.7 Å². The third-order valence-electron chi connectivity index (χ3n) is 3.95. The van der Waals surface area contributed by atoms with Crippen LogP contribution in [0.15, 0.2) is 58.4 Å². The minimum absolute atomic E-state index is 0.00446. The van der Waals surface area contributed by atoms with Gasteiger partial charge in [-0.25, -0.2) is 16.8 Å². The highest BCUT2D eigenvalue weighted by atomic mass is 32.2. The lowest BCUT2D eigenvalue weighted by molar-refractivity contribution is -0.143. The first kappa shape index (κ1) is 20.9. The second-order valence-electron chi connectivity index (χ2n) is 5.95. The van der Waals surface area contributed by atoms with Gasteiger partial charge in [0, 0.05) is 0 Å². The Balaban J connectivity index is 2.21. The summed E-state index contributed by atoms with van der Waals surface area (Å²) in [5.74, 6) is -0.316. The Morgan fingerprint density at radius 1 is 1.15 bits per heavy atom. The standard InChI is InChI=1S/C18H19NO6S2/c1-3-17(19)25-18(20)12-26(21,22)14-8-10-15(11-9-14)27(23,24)16-7-5-4-6-13(16)2/h1,4-11,13,16-17H,12,19H2,2H3. The van der Waals surface area contributed by atoms with Gasteiger partial charge in [-0.1, -0.05) is 31.2 Å². The lowest BCUT2D eigenvalue weighted by atomic mass is 10.0. The SMILES string of the molecule is C#CC(N)OC(=O)CS(=O)(=O)c1ccc(S(=O)(=O)C2C=CC=CC2C)cc1. The summed E-state index contributed by atoms with van der Waals surface area (Å²) in [6.07, 6.45) is 10.4. The third-order valence-corrected chi connectivity index (χ3v) is 7.78. The van der Waals surface area contributed by atoms with Crippen molar-refractivity contribution in [2.75, 3.05) is 5.75 Å². The molecule has 0 amide bonds. The molecule has 0 aliphatic heterocycles. The number of carbonyl (C=O) groups excluding carboxylic acids is 1. The molecule has 0 bridgehead atoms. The van der Waals surface area contributed by atoms with Crippen LogP contribution in [-0.2, 0) is 29.2 Å². The number of sulfone groups is 2. The van der Waals surface area contributed by atoms with Crippen molar-refractivity contribution in [3.8, 4) is 12.3 Å². The number of esters is 1. The van der Waals surface area contributed by atoms with Crippen LogP contribution in [0.3, 0.4) is 0 Å². The van der Waals surface area contributed by atoms with E-state index < -0.39 is 42.9 Å². The van der Waals surface area contributed by atoms with Crippen LogP contribution in [0.1, 0.15) is 6.92 Å². The largest absolute Gasteiger partial charge is 0.434 e. The maximum Gasteiger partial charge on any atom is 0.323 e. The summed E-state index contributed by atoms with van der Waals surface area (Å²) >= 11 is 0. The monoisotopic (exact) mass is 409 g/mol. The molecule has 9 heteroatoms. The summed E-state index contributed by atoms with van der Waals surface area (Å²) < 4.78 is 54.6. The van der Waals surface area contributed by atoms with Gasteiger partial charge in [-0.15, -0.1) is 6.42 Å². The molecule has 1 aromatic rings. The zero-order chi connectivity index (χ0) is 20.2. The van der Waals surface area contributed by atoms with Gasteiger partial charge < -0.3 is 4.74 Å². The fourth-order valence-electron chi connectivity index (χ4n) is 2.53. The molecule has 2 N–H and O–H groups in total. The molecule has 27 heavy (non-hydrogen) atoms. The maximum atomic E-state index is 12.7. The number of hydrogen-bond acceptors (Lipinski definition) is 7. The van der Waals surface area contributed by atoms with Crippen LogP contribution in [0.2, 0.25) is 0 Å². The highest BCUT2D eigenvalue weighted by Crippen LogP contribution is 2.27. The van der Waals surface area contributed by atoms with Crippen LogP contribution in [-0.4, -0.2) is 40.0 Å². The quantitative estimate of drug-likeness (QED) is 0.419. The Hall–Kier alpha value is -2.41. The molecule has 1 aliphatic rings. The van der Waals surface area contributed by atoms with Crippen molar-refractivity contribution >= 4 is 25.6 Å². The zero-order valence-electron chi connectivity index (χ0n) is 14.5. The van der Waals surface area contributed by atoms with Crippen molar-refractivity contribution in [1.82, 2.24) is 0 Å². The zero-order valence-corrected chi connectivity index (χ0v) is 16.1. The predicted octanol–water partition coefficient (Wildman–Crippen LogP) is 0.826. The molecule has 0 fully saturated rings. The van der Waals surface area contributed by atoms with Crippen molar-refractivity contribution in [2.24, 2.45) is 11.7 Å². The average Bonchev–Trinajstić information content (AvgIpc) is 2.61. The molecule has 1 aromatic carbocycles. The minimum Gasteiger partial charge on any atom is -0.434 e. The number of nitrogens with two attached hydrogens (primary N) is 1. The van der Waals surface area contributed by atoms with Crippen LogP contribution in [0.4, 0.5) is 0 Å². The number of terminal acetylenes is 1. The van der Waals surface area contributed by atoms with Gasteiger partial charge >= 0.3 is 5.97 Å². The lowest BCUT2D eigenvalue weighted by Crippen LogP contribution is -2.29. The highest BCUT2D eigenvalue weighted by Gasteiger charge is 2.30. The molecule has 144 valence electrons. The summed E-state index contributed by atoms with van der Waals surface area (Å²) in [7, 11) is -7.71. The Kier molecular flexibility index (Phi) is 6.26.